The SMILES string of the molecule is Cc1nnc(-c2ncc3c(F)nc(NC(=O)N4CCCCC4)c(NC(C)C)c3c2F)s1. The first-order valence-corrected chi connectivity index (χ1v) is 11.0. The Balaban J connectivity index is 1.85. The summed E-state index contributed by atoms with van der Waals surface area (Å²) in [6.45, 7) is 6.71. The Morgan fingerprint density at radius 3 is 2.58 bits per heavy atom. The van der Waals surface area contributed by atoms with Gasteiger partial charge >= 0.3 is 6.03 Å². The van der Waals surface area contributed by atoms with Crippen LogP contribution in [0.15, 0.2) is 6.20 Å². The van der Waals surface area contributed by atoms with E-state index in [1.807, 2.05) is 13.8 Å². The lowest BCUT2D eigenvalue weighted by Gasteiger charge is -2.27. The number of aryl methyl sites for hydroxylation is 1. The van der Waals surface area contributed by atoms with Crippen LogP contribution in [0.25, 0.3) is 21.5 Å². The summed E-state index contributed by atoms with van der Waals surface area (Å²) in [7, 11) is 0. The highest BCUT2D eigenvalue weighted by Gasteiger charge is 2.25. The fraction of sp³-hybridized carbons (Fsp3) is 0.450. The van der Waals surface area contributed by atoms with Crippen molar-refractivity contribution >= 4 is 39.6 Å². The third-order valence-electron chi connectivity index (χ3n) is 4.97. The van der Waals surface area contributed by atoms with Gasteiger partial charge in [-0.05, 0) is 40.0 Å². The van der Waals surface area contributed by atoms with Gasteiger partial charge in [0.1, 0.15) is 10.7 Å². The summed E-state index contributed by atoms with van der Waals surface area (Å²) in [5.74, 6) is -1.71. The minimum atomic E-state index is -0.912. The van der Waals surface area contributed by atoms with Crippen molar-refractivity contribution in [2.24, 2.45) is 0 Å². The Morgan fingerprint density at radius 1 is 1.19 bits per heavy atom. The van der Waals surface area contributed by atoms with Gasteiger partial charge in [0.2, 0.25) is 5.95 Å². The van der Waals surface area contributed by atoms with Crippen molar-refractivity contribution in [1.82, 2.24) is 25.1 Å². The monoisotopic (exact) mass is 447 g/mol. The van der Waals surface area contributed by atoms with Crippen molar-refractivity contribution < 1.29 is 13.6 Å². The molecule has 8 nitrogen and oxygen atoms in total. The highest BCUT2D eigenvalue weighted by atomic mass is 32.1. The molecule has 11 heteroatoms. The van der Waals surface area contributed by atoms with Crippen molar-refractivity contribution in [3.8, 4) is 10.7 Å². The third kappa shape index (κ3) is 4.27. The number of likely N-dealkylation sites (tertiary alicyclic amines) is 1. The van der Waals surface area contributed by atoms with Gasteiger partial charge < -0.3 is 10.2 Å². The average Bonchev–Trinajstić information content (AvgIpc) is 3.17. The minimum Gasteiger partial charge on any atom is -0.379 e. The summed E-state index contributed by atoms with van der Waals surface area (Å²) in [4.78, 5) is 22.4. The van der Waals surface area contributed by atoms with Gasteiger partial charge in [0.15, 0.2) is 16.6 Å². The van der Waals surface area contributed by atoms with E-state index < -0.39 is 11.8 Å². The zero-order valence-corrected chi connectivity index (χ0v) is 18.3. The predicted molar refractivity (Wildman–Crippen MR) is 116 cm³/mol. The van der Waals surface area contributed by atoms with E-state index in [4.69, 9.17) is 0 Å². The van der Waals surface area contributed by atoms with Gasteiger partial charge in [-0.3, -0.25) is 5.32 Å². The number of carbonyl (C=O) groups excluding carboxylic acids is 1. The molecule has 2 N–H and O–H groups in total. The van der Waals surface area contributed by atoms with Crippen molar-refractivity contribution in [2.45, 2.75) is 46.1 Å². The highest BCUT2D eigenvalue weighted by molar-refractivity contribution is 7.14. The molecule has 1 aliphatic heterocycles. The molecule has 0 atom stereocenters. The smallest absolute Gasteiger partial charge is 0.323 e. The first-order chi connectivity index (χ1) is 14.8. The third-order valence-corrected chi connectivity index (χ3v) is 5.81. The molecule has 0 aromatic carbocycles. The second-order valence-electron chi connectivity index (χ2n) is 7.74. The number of amides is 2. The maximum atomic E-state index is 15.6. The number of fused-ring (bicyclic) bond motifs is 1. The molecule has 4 heterocycles. The largest absolute Gasteiger partial charge is 0.379 e. The number of hydrogen-bond acceptors (Lipinski definition) is 7. The van der Waals surface area contributed by atoms with Crippen LogP contribution < -0.4 is 10.6 Å². The van der Waals surface area contributed by atoms with E-state index in [0.717, 1.165) is 19.3 Å². The Morgan fingerprint density at radius 2 is 1.94 bits per heavy atom. The quantitative estimate of drug-likeness (QED) is 0.569. The van der Waals surface area contributed by atoms with Gasteiger partial charge in [0, 0.05) is 25.3 Å². The van der Waals surface area contributed by atoms with E-state index in [0.29, 0.717) is 23.1 Å². The second-order valence-corrected chi connectivity index (χ2v) is 8.92. The molecule has 0 bridgehead atoms. The lowest BCUT2D eigenvalue weighted by molar-refractivity contribution is 0.200. The number of nitrogens with one attached hydrogen (secondary N) is 2. The molecule has 1 saturated heterocycles. The maximum Gasteiger partial charge on any atom is 0.323 e. The van der Waals surface area contributed by atoms with Crippen LogP contribution in [0, 0.1) is 18.7 Å². The first-order valence-electron chi connectivity index (χ1n) is 10.2. The number of carbonyl (C=O) groups is 1. The molecule has 0 saturated carbocycles. The van der Waals surface area contributed by atoms with Crippen molar-refractivity contribution in [1.29, 1.82) is 0 Å². The molecule has 2 amide bonds. The van der Waals surface area contributed by atoms with Crippen LogP contribution in [0.3, 0.4) is 0 Å². The van der Waals surface area contributed by atoms with Crippen LogP contribution >= 0.6 is 11.3 Å². The van der Waals surface area contributed by atoms with Crippen LogP contribution in [-0.4, -0.2) is 50.2 Å². The molecule has 1 aliphatic rings. The van der Waals surface area contributed by atoms with Crippen LogP contribution in [0.5, 0.6) is 0 Å². The number of aromatic nitrogens is 4. The molecular formula is C20H23F2N7OS. The maximum absolute atomic E-state index is 15.6. The van der Waals surface area contributed by atoms with Crippen molar-refractivity contribution in [3.63, 3.8) is 0 Å². The predicted octanol–water partition coefficient (Wildman–Crippen LogP) is 4.57. The van der Waals surface area contributed by atoms with Gasteiger partial charge in [-0.2, -0.15) is 9.37 Å². The van der Waals surface area contributed by atoms with Gasteiger partial charge in [-0.1, -0.05) is 11.3 Å². The van der Waals surface area contributed by atoms with Gasteiger partial charge in [0.25, 0.3) is 0 Å². The molecule has 3 aromatic heterocycles. The van der Waals surface area contributed by atoms with Crippen LogP contribution in [-0.2, 0) is 0 Å². The summed E-state index contributed by atoms with van der Waals surface area (Å²) in [5, 5.41) is 14.5. The Bertz CT molecular complexity index is 1130. The Kier molecular flexibility index (Phi) is 5.94. The summed E-state index contributed by atoms with van der Waals surface area (Å²) in [6, 6.07) is -0.506. The van der Waals surface area contributed by atoms with E-state index in [-0.39, 0.29) is 40.0 Å². The van der Waals surface area contributed by atoms with Crippen molar-refractivity contribution in [3.05, 3.63) is 23.0 Å². The van der Waals surface area contributed by atoms with Crippen LogP contribution in [0.1, 0.15) is 38.1 Å². The molecule has 3 aromatic rings. The van der Waals surface area contributed by atoms with Crippen LogP contribution in [0.2, 0.25) is 0 Å². The van der Waals surface area contributed by atoms with Crippen LogP contribution in [0.4, 0.5) is 25.1 Å². The van der Waals surface area contributed by atoms with E-state index in [9.17, 15) is 9.18 Å². The summed E-state index contributed by atoms with van der Waals surface area (Å²) in [6.07, 6.45) is 4.12. The van der Waals surface area contributed by atoms with Gasteiger partial charge in [0.05, 0.1) is 16.5 Å². The van der Waals surface area contributed by atoms with E-state index in [1.165, 1.54) is 17.5 Å². The molecule has 0 unspecified atom stereocenters. The first kappa shape index (κ1) is 21.3. The fourth-order valence-electron chi connectivity index (χ4n) is 3.56. The molecular weight excluding hydrogens is 424 g/mol. The number of rotatable bonds is 4. The minimum absolute atomic E-state index is 0.0242. The summed E-state index contributed by atoms with van der Waals surface area (Å²) >= 11 is 1.19. The zero-order chi connectivity index (χ0) is 22.1. The van der Waals surface area contributed by atoms with E-state index >= 15 is 4.39 Å². The summed E-state index contributed by atoms with van der Waals surface area (Å²) in [5.41, 5.74) is 0.183. The number of halogens is 2. The number of nitrogens with zero attached hydrogens (tertiary/aromatic N) is 5. The summed E-state index contributed by atoms with van der Waals surface area (Å²) < 4.78 is 30.5. The Labute approximate surface area is 182 Å². The molecule has 31 heavy (non-hydrogen) atoms. The lowest BCUT2D eigenvalue weighted by Crippen LogP contribution is -2.39. The average molecular weight is 448 g/mol. The van der Waals surface area contributed by atoms with Gasteiger partial charge in [-0.15, -0.1) is 10.2 Å². The molecule has 0 radical (unpaired) electrons. The normalized spacial score (nSPS) is 14.3. The highest BCUT2D eigenvalue weighted by Crippen LogP contribution is 2.37. The van der Waals surface area contributed by atoms with E-state index in [1.54, 1.807) is 11.8 Å². The van der Waals surface area contributed by atoms with E-state index in [2.05, 4.69) is 30.8 Å². The van der Waals surface area contributed by atoms with Gasteiger partial charge in [-0.25, -0.2) is 14.2 Å². The molecule has 0 spiro atoms. The number of hydrogen-bond donors (Lipinski definition) is 2. The number of piperidine rings is 1. The molecule has 0 aliphatic carbocycles. The molecule has 1 fully saturated rings. The Hall–Kier alpha value is -2.95. The standard InChI is InChI=1S/C20H23F2N7OS/c1-10(2)24-15-13-12(9-23-16(14(13)21)19-28-27-11(3)31-19)17(22)25-18(15)26-20(30)29-7-5-4-6-8-29/h9-10,24H,4-8H2,1-3H3,(H,25,26,30). The lowest BCUT2D eigenvalue weighted by atomic mass is 10.1. The number of urea groups is 1. The zero-order valence-electron chi connectivity index (χ0n) is 17.5. The second kappa shape index (κ2) is 8.66. The molecule has 164 valence electrons. The van der Waals surface area contributed by atoms with Crippen molar-refractivity contribution in [2.75, 3.05) is 23.7 Å². The molecule has 4 rings (SSSR count). The topological polar surface area (TPSA) is 95.9 Å². The number of pyridine rings is 2. The number of anilines is 2. The fourth-order valence-corrected chi connectivity index (χ4v) is 4.24.